The molecule has 0 spiro atoms. The Kier molecular flexibility index (Phi) is 6.69. The van der Waals surface area contributed by atoms with Crippen LogP contribution in [0, 0.1) is 0 Å². The molecule has 180 valence electrons. The van der Waals surface area contributed by atoms with Crippen LogP contribution in [0.5, 0.6) is 5.75 Å². The number of carbonyl (C=O) groups is 1. The highest BCUT2D eigenvalue weighted by Gasteiger charge is 2.27. The van der Waals surface area contributed by atoms with E-state index in [-0.39, 0.29) is 11.8 Å². The first-order chi connectivity index (χ1) is 17.0. The van der Waals surface area contributed by atoms with Crippen LogP contribution in [0.2, 0.25) is 5.02 Å². The minimum absolute atomic E-state index is 0.0434. The predicted octanol–water partition coefficient (Wildman–Crippen LogP) is 5.71. The normalized spacial score (nSPS) is 14.8. The van der Waals surface area contributed by atoms with Crippen molar-refractivity contribution < 1.29 is 9.53 Å². The van der Waals surface area contributed by atoms with E-state index >= 15 is 0 Å². The number of hydrogen-bond acceptors (Lipinski definition) is 3. The number of ether oxygens (including phenoxy) is 1. The topological polar surface area (TPSA) is 37.7 Å². The van der Waals surface area contributed by atoms with Crippen molar-refractivity contribution in [2.45, 2.75) is 12.3 Å². The Labute approximate surface area is 211 Å². The summed E-state index contributed by atoms with van der Waals surface area (Å²) in [7, 11) is 3.76. The molecular weight excluding hydrogens is 458 g/mol. The van der Waals surface area contributed by atoms with Gasteiger partial charge in [-0.05, 0) is 41.5 Å². The van der Waals surface area contributed by atoms with E-state index in [1.165, 1.54) is 16.5 Å². The number of methoxy groups -OCH3 is 1. The molecule has 0 saturated carbocycles. The number of rotatable bonds is 6. The Bertz CT molecular complexity index is 1320. The Morgan fingerprint density at radius 3 is 2.37 bits per heavy atom. The first-order valence-corrected chi connectivity index (χ1v) is 12.4. The summed E-state index contributed by atoms with van der Waals surface area (Å²) in [6.45, 7) is 2.96. The summed E-state index contributed by atoms with van der Waals surface area (Å²) in [5.74, 6) is 1.00. The lowest BCUT2D eigenvalue weighted by molar-refractivity contribution is -0.131. The second-order valence-corrected chi connectivity index (χ2v) is 9.50. The average Bonchev–Trinajstić information content (AvgIpc) is 3.24. The van der Waals surface area contributed by atoms with Crippen LogP contribution in [0.15, 0.2) is 79.0 Å². The second-order valence-electron chi connectivity index (χ2n) is 9.06. The van der Waals surface area contributed by atoms with Crippen LogP contribution in [0.3, 0.4) is 0 Å². The molecule has 6 heteroatoms. The van der Waals surface area contributed by atoms with Crippen LogP contribution in [0.1, 0.15) is 23.5 Å². The Morgan fingerprint density at radius 2 is 1.63 bits per heavy atom. The van der Waals surface area contributed by atoms with Crippen molar-refractivity contribution in [3.63, 3.8) is 0 Å². The zero-order valence-corrected chi connectivity index (χ0v) is 20.9. The molecule has 3 aromatic carbocycles. The molecule has 1 aromatic heterocycles. The molecule has 0 N–H and O–H groups in total. The Balaban J connectivity index is 1.37. The molecule has 1 saturated heterocycles. The first-order valence-electron chi connectivity index (χ1n) is 12.0. The first kappa shape index (κ1) is 23.3. The van der Waals surface area contributed by atoms with E-state index in [0.717, 1.165) is 30.1 Å². The summed E-state index contributed by atoms with van der Waals surface area (Å²) in [5.41, 5.74) is 4.52. The quantitative estimate of drug-likeness (QED) is 0.349. The maximum absolute atomic E-state index is 13.6. The van der Waals surface area contributed by atoms with Gasteiger partial charge in [0.25, 0.3) is 0 Å². The summed E-state index contributed by atoms with van der Waals surface area (Å²) in [6, 6.07) is 24.3. The number of aromatic nitrogens is 1. The molecule has 1 fully saturated rings. The monoisotopic (exact) mass is 487 g/mol. The molecule has 0 radical (unpaired) electrons. The van der Waals surface area contributed by atoms with E-state index in [1.54, 1.807) is 7.11 Å². The van der Waals surface area contributed by atoms with Gasteiger partial charge in [-0.3, -0.25) is 4.79 Å². The van der Waals surface area contributed by atoms with Crippen molar-refractivity contribution in [1.29, 1.82) is 0 Å². The zero-order valence-electron chi connectivity index (χ0n) is 20.2. The highest BCUT2D eigenvalue weighted by atomic mass is 35.5. The van der Waals surface area contributed by atoms with E-state index < -0.39 is 0 Å². The van der Waals surface area contributed by atoms with Crippen LogP contribution >= 0.6 is 11.6 Å². The van der Waals surface area contributed by atoms with E-state index in [9.17, 15) is 4.79 Å². The second kappa shape index (κ2) is 10.0. The summed E-state index contributed by atoms with van der Waals surface area (Å²) in [5, 5.41) is 1.88. The highest BCUT2D eigenvalue weighted by Crippen LogP contribution is 2.36. The van der Waals surface area contributed by atoms with Crippen molar-refractivity contribution in [2.75, 3.05) is 38.2 Å². The molecule has 2 heterocycles. The third kappa shape index (κ3) is 4.73. The van der Waals surface area contributed by atoms with Gasteiger partial charge >= 0.3 is 0 Å². The van der Waals surface area contributed by atoms with Crippen LogP contribution in [-0.2, 0) is 11.8 Å². The fourth-order valence-electron chi connectivity index (χ4n) is 5.14. The van der Waals surface area contributed by atoms with Gasteiger partial charge in [0.15, 0.2) is 0 Å². The molecule has 0 aliphatic carbocycles. The van der Waals surface area contributed by atoms with E-state index in [1.807, 2.05) is 47.4 Å². The van der Waals surface area contributed by atoms with Crippen molar-refractivity contribution in [3.8, 4) is 5.75 Å². The lowest BCUT2D eigenvalue weighted by atomic mass is 9.87. The minimum atomic E-state index is -0.0434. The van der Waals surface area contributed by atoms with Gasteiger partial charge in [-0.25, -0.2) is 0 Å². The van der Waals surface area contributed by atoms with Gasteiger partial charge in [-0.15, -0.1) is 0 Å². The highest BCUT2D eigenvalue weighted by molar-refractivity contribution is 6.30. The van der Waals surface area contributed by atoms with Crippen LogP contribution < -0.4 is 9.64 Å². The smallest absolute Gasteiger partial charge is 0.223 e. The molecule has 4 aromatic rings. The number of halogens is 1. The average molecular weight is 488 g/mol. The van der Waals surface area contributed by atoms with Crippen molar-refractivity contribution in [2.24, 2.45) is 7.05 Å². The van der Waals surface area contributed by atoms with Crippen molar-refractivity contribution in [3.05, 3.63) is 95.1 Å². The summed E-state index contributed by atoms with van der Waals surface area (Å²) in [4.78, 5) is 17.9. The Hall–Kier alpha value is -3.44. The van der Waals surface area contributed by atoms with Crippen LogP contribution in [0.4, 0.5) is 5.69 Å². The van der Waals surface area contributed by atoms with Crippen molar-refractivity contribution >= 4 is 34.1 Å². The third-order valence-electron chi connectivity index (χ3n) is 7.01. The number of amides is 1. The molecule has 0 unspecified atom stereocenters. The van der Waals surface area contributed by atoms with Gasteiger partial charge in [0.2, 0.25) is 5.91 Å². The number of nitrogens with zero attached hydrogens (tertiary/aromatic N) is 3. The molecular formula is C29H30ClN3O2. The zero-order chi connectivity index (χ0) is 24.4. The number of benzene rings is 3. The van der Waals surface area contributed by atoms with Gasteiger partial charge in [-0.2, -0.15) is 0 Å². The fraction of sp³-hybridized carbons (Fsp3) is 0.276. The van der Waals surface area contributed by atoms with Crippen molar-refractivity contribution in [1.82, 2.24) is 9.47 Å². The molecule has 1 amide bonds. The number of hydrogen-bond donors (Lipinski definition) is 0. The largest absolute Gasteiger partial charge is 0.495 e. The lowest BCUT2D eigenvalue weighted by Crippen LogP contribution is -2.49. The fourth-order valence-corrected chi connectivity index (χ4v) is 5.27. The number of para-hydroxylation sites is 3. The summed E-state index contributed by atoms with van der Waals surface area (Å²) >= 11 is 6.18. The molecule has 0 bridgehead atoms. The van der Waals surface area contributed by atoms with Gasteiger partial charge in [0.1, 0.15) is 5.75 Å². The predicted molar refractivity (Wildman–Crippen MR) is 143 cm³/mol. The molecule has 1 aliphatic rings. The number of anilines is 1. The van der Waals surface area contributed by atoms with Gasteiger partial charge in [0.05, 0.1) is 12.8 Å². The standard InChI is InChI=1S/C29H30ClN3O2/c1-31-20-25(23-7-3-4-8-26(23)31)24(21-11-13-22(30)14-12-21)19-29(34)33-17-15-32(16-18-33)27-9-5-6-10-28(27)35-2/h3-14,20,24H,15-19H2,1-2H3/t24-/m0/s1. The molecule has 35 heavy (non-hydrogen) atoms. The van der Waals surface area contributed by atoms with Crippen LogP contribution in [-0.4, -0.2) is 48.7 Å². The van der Waals surface area contributed by atoms with Gasteiger partial charge in [-0.1, -0.05) is 54.1 Å². The van der Waals surface area contributed by atoms with E-state index in [4.69, 9.17) is 16.3 Å². The third-order valence-corrected chi connectivity index (χ3v) is 7.26. The SMILES string of the molecule is COc1ccccc1N1CCN(C(=O)C[C@@H](c2ccc(Cl)cc2)c2cn(C)c3ccccc23)CC1. The Morgan fingerprint density at radius 1 is 0.943 bits per heavy atom. The lowest BCUT2D eigenvalue weighted by Gasteiger charge is -2.37. The van der Waals surface area contributed by atoms with E-state index in [0.29, 0.717) is 24.5 Å². The number of fused-ring (bicyclic) bond motifs is 1. The molecule has 1 atom stereocenters. The minimum Gasteiger partial charge on any atom is -0.495 e. The summed E-state index contributed by atoms with van der Waals surface area (Å²) < 4.78 is 7.68. The van der Waals surface area contributed by atoms with Crippen LogP contribution in [0.25, 0.3) is 10.9 Å². The maximum Gasteiger partial charge on any atom is 0.223 e. The van der Waals surface area contributed by atoms with E-state index in [2.05, 4.69) is 53.0 Å². The molecule has 1 aliphatic heterocycles. The van der Waals surface area contributed by atoms with Gasteiger partial charge in [0, 0.05) is 67.7 Å². The van der Waals surface area contributed by atoms with Gasteiger partial charge < -0.3 is 19.1 Å². The molecule has 5 rings (SSSR count). The summed E-state index contributed by atoms with van der Waals surface area (Å²) in [6.07, 6.45) is 2.58. The number of carbonyl (C=O) groups excluding carboxylic acids is 1. The number of piperazine rings is 1. The number of aryl methyl sites for hydroxylation is 1. The molecule has 5 nitrogen and oxygen atoms in total. The maximum atomic E-state index is 13.6.